The standard InChI is InChI=1S/C29H50O3/c1-30-29(26-32-24-28-21-15-11-16-22-28)25-31-23-17-9-7-5-3-2-4-6-8-12-18-27-19-13-10-14-20-27/h11,15-16,21-22,27,29H,2-10,12-14,17-20,23-26H2,1H3. The van der Waals surface area contributed by atoms with Crippen molar-refractivity contribution in [2.45, 2.75) is 115 Å². The van der Waals surface area contributed by atoms with Gasteiger partial charge in [-0.1, -0.05) is 127 Å². The Morgan fingerprint density at radius 1 is 0.719 bits per heavy atom. The summed E-state index contributed by atoms with van der Waals surface area (Å²) in [5, 5.41) is 0. The van der Waals surface area contributed by atoms with Crippen molar-refractivity contribution in [2.75, 3.05) is 26.9 Å². The summed E-state index contributed by atoms with van der Waals surface area (Å²) < 4.78 is 17.0. The fraction of sp³-hybridized carbons (Fsp3) is 0.793. The molecule has 0 spiro atoms. The van der Waals surface area contributed by atoms with Crippen molar-refractivity contribution >= 4 is 0 Å². The Morgan fingerprint density at radius 2 is 1.31 bits per heavy atom. The molecule has 1 atom stereocenters. The lowest BCUT2D eigenvalue weighted by atomic mass is 9.85. The number of unbranched alkanes of at least 4 members (excludes halogenated alkanes) is 9. The third-order valence-corrected chi connectivity index (χ3v) is 6.93. The summed E-state index contributed by atoms with van der Waals surface area (Å²) >= 11 is 0. The Kier molecular flexibility index (Phi) is 16.7. The van der Waals surface area contributed by atoms with Crippen molar-refractivity contribution in [3.63, 3.8) is 0 Å². The number of hydrogen-bond acceptors (Lipinski definition) is 3. The molecule has 0 amide bonds. The average Bonchev–Trinajstić information content (AvgIpc) is 2.84. The first-order chi connectivity index (χ1) is 15.9. The minimum atomic E-state index is 0.0152. The van der Waals surface area contributed by atoms with Gasteiger partial charge in [-0.3, -0.25) is 0 Å². The van der Waals surface area contributed by atoms with E-state index < -0.39 is 0 Å². The molecule has 0 aliphatic heterocycles. The first-order valence-electron chi connectivity index (χ1n) is 13.6. The molecule has 0 radical (unpaired) electrons. The molecule has 1 aliphatic carbocycles. The highest BCUT2D eigenvalue weighted by Gasteiger charge is 2.12. The average molecular weight is 447 g/mol. The van der Waals surface area contributed by atoms with E-state index in [0.29, 0.717) is 19.8 Å². The van der Waals surface area contributed by atoms with Gasteiger partial charge in [0.2, 0.25) is 0 Å². The number of hydrogen-bond donors (Lipinski definition) is 0. The SMILES string of the molecule is COC(COCCCCCCCCCCCCC1CCCCC1)COCc1ccccc1. The first-order valence-corrected chi connectivity index (χ1v) is 13.6. The van der Waals surface area contributed by atoms with Crippen LogP contribution >= 0.6 is 0 Å². The van der Waals surface area contributed by atoms with Crippen LogP contribution in [0.15, 0.2) is 30.3 Å². The molecule has 3 nitrogen and oxygen atoms in total. The van der Waals surface area contributed by atoms with E-state index in [9.17, 15) is 0 Å². The lowest BCUT2D eigenvalue weighted by Crippen LogP contribution is -2.24. The summed E-state index contributed by atoms with van der Waals surface area (Å²) in [6.07, 6.45) is 22.9. The topological polar surface area (TPSA) is 27.7 Å². The molecule has 1 aliphatic rings. The van der Waals surface area contributed by atoms with Gasteiger partial charge < -0.3 is 14.2 Å². The minimum absolute atomic E-state index is 0.0152. The Balaban J connectivity index is 1.28. The van der Waals surface area contributed by atoms with E-state index in [2.05, 4.69) is 12.1 Å². The highest BCUT2D eigenvalue weighted by atomic mass is 16.6. The molecule has 0 aromatic heterocycles. The van der Waals surface area contributed by atoms with Crippen LogP contribution < -0.4 is 0 Å². The van der Waals surface area contributed by atoms with Gasteiger partial charge in [0.25, 0.3) is 0 Å². The molecule has 1 fully saturated rings. The molecule has 0 heterocycles. The minimum Gasteiger partial charge on any atom is -0.379 e. The zero-order chi connectivity index (χ0) is 22.5. The zero-order valence-electron chi connectivity index (χ0n) is 20.9. The molecule has 1 unspecified atom stereocenters. The first kappa shape index (κ1) is 27.3. The normalized spacial score (nSPS) is 15.8. The predicted octanol–water partition coefficient (Wildman–Crippen LogP) is 8.11. The van der Waals surface area contributed by atoms with E-state index in [0.717, 1.165) is 18.9 Å². The molecule has 184 valence electrons. The van der Waals surface area contributed by atoms with E-state index in [1.54, 1.807) is 7.11 Å². The molecule has 0 saturated heterocycles. The second-order valence-corrected chi connectivity index (χ2v) is 9.76. The van der Waals surface area contributed by atoms with Gasteiger partial charge in [0.1, 0.15) is 6.10 Å². The van der Waals surface area contributed by atoms with Gasteiger partial charge in [0, 0.05) is 13.7 Å². The number of methoxy groups -OCH3 is 1. The molecule has 32 heavy (non-hydrogen) atoms. The second-order valence-electron chi connectivity index (χ2n) is 9.76. The van der Waals surface area contributed by atoms with E-state index in [4.69, 9.17) is 14.2 Å². The van der Waals surface area contributed by atoms with Crippen LogP contribution in [0, 0.1) is 5.92 Å². The molecular weight excluding hydrogens is 396 g/mol. The van der Waals surface area contributed by atoms with Crippen LogP contribution in [0.4, 0.5) is 0 Å². The molecule has 0 N–H and O–H groups in total. The summed E-state index contributed by atoms with van der Waals surface area (Å²) in [6, 6.07) is 10.3. The molecule has 0 bridgehead atoms. The number of ether oxygens (including phenoxy) is 3. The lowest BCUT2D eigenvalue weighted by Gasteiger charge is -2.21. The third kappa shape index (κ3) is 14.3. The van der Waals surface area contributed by atoms with Crippen molar-refractivity contribution in [1.82, 2.24) is 0 Å². The van der Waals surface area contributed by atoms with Crippen LogP contribution in [0.2, 0.25) is 0 Å². The van der Waals surface area contributed by atoms with Crippen LogP contribution in [0.25, 0.3) is 0 Å². The van der Waals surface area contributed by atoms with Gasteiger partial charge in [0.05, 0.1) is 19.8 Å². The summed E-state index contributed by atoms with van der Waals surface area (Å²) in [7, 11) is 1.73. The number of rotatable bonds is 20. The molecule has 3 heteroatoms. The summed E-state index contributed by atoms with van der Waals surface area (Å²) in [6.45, 7) is 2.65. The maximum absolute atomic E-state index is 5.81. The summed E-state index contributed by atoms with van der Waals surface area (Å²) in [4.78, 5) is 0. The highest BCUT2D eigenvalue weighted by Crippen LogP contribution is 2.28. The summed E-state index contributed by atoms with van der Waals surface area (Å²) in [5.74, 6) is 1.07. The molecule has 1 aromatic carbocycles. The molecule has 2 rings (SSSR count). The van der Waals surface area contributed by atoms with Crippen LogP contribution in [-0.4, -0.2) is 33.0 Å². The van der Waals surface area contributed by atoms with E-state index in [1.165, 1.54) is 102 Å². The highest BCUT2D eigenvalue weighted by molar-refractivity contribution is 5.13. The van der Waals surface area contributed by atoms with Gasteiger partial charge >= 0.3 is 0 Å². The van der Waals surface area contributed by atoms with Crippen LogP contribution in [0.5, 0.6) is 0 Å². The van der Waals surface area contributed by atoms with Gasteiger partial charge in [0.15, 0.2) is 0 Å². The third-order valence-electron chi connectivity index (χ3n) is 6.93. The number of benzene rings is 1. The Labute approximate surface area is 198 Å². The largest absolute Gasteiger partial charge is 0.379 e. The van der Waals surface area contributed by atoms with Crippen molar-refractivity contribution in [3.8, 4) is 0 Å². The quantitative estimate of drug-likeness (QED) is 0.189. The van der Waals surface area contributed by atoms with Crippen LogP contribution in [0.1, 0.15) is 108 Å². The maximum atomic E-state index is 5.81. The van der Waals surface area contributed by atoms with Crippen molar-refractivity contribution in [3.05, 3.63) is 35.9 Å². The van der Waals surface area contributed by atoms with Crippen molar-refractivity contribution in [2.24, 2.45) is 5.92 Å². The van der Waals surface area contributed by atoms with Gasteiger partial charge in [-0.15, -0.1) is 0 Å². The monoisotopic (exact) mass is 446 g/mol. The Morgan fingerprint density at radius 3 is 1.97 bits per heavy atom. The zero-order valence-corrected chi connectivity index (χ0v) is 20.9. The fourth-order valence-corrected chi connectivity index (χ4v) is 4.81. The fourth-order valence-electron chi connectivity index (χ4n) is 4.81. The molecule has 1 aromatic rings. The van der Waals surface area contributed by atoms with E-state index >= 15 is 0 Å². The van der Waals surface area contributed by atoms with Gasteiger partial charge in [-0.05, 0) is 17.9 Å². The van der Waals surface area contributed by atoms with E-state index in [1.807, 2.05) is 18.2 Å². The van der Waals surface area contributed by atoms with Gasteiger partial charge in [-0.2, -0.15) is 0 Å². The van der Waals surface area contributed by atoms with Gasteiger partial charge in [-0.25, -0.2) is 0 Å². The molecule has 1 saturated carbocycles. The summed E-state index contributed by atoms with van der Waals surface area (Å²) in [5.41, 5.74) is 1.19. The Hall–Kier alpha value is -0.900. The molecular formula is C29H50O3. The maximum Gasteiger partial charge on any atom is 0.104 e. The van der Waals surface area contributed by atoms with Crippen LogP contribution in [0.3, 0.4) is 0 Å². The van der Waals surface area contributed by atoms with Crippen molar-refractivity contribution in [1.29, 1.82) is 0 Å². The lowest BCUT2D eigenvalue weighted by molar-refractivity contribution is -0.0451. The second kappa shape index (κ2) is 19.6. The van der Waals surface area contributed by atoms with Crippen LogP contribution in [-0.2, 0) is 20.8 Å². The predicted molar refractivity (Wildman–Crippen MR) is 135 cm³/mol. The Bertz CT molecular complexity index is 512. The smallest absolute Gasteiger partial charge is 0.104 e. The van der Waals surface area contributed by atoms with Crippen molar-refractivity contribution < 1.29 is 14.2 Å². The van der Waals surface area contributed by atoms with E-state index in [-0.39, 0.29) is 6.10 Å².